The molecule has 2 aromatic carbocycles. The highest BCUT2D eigenvalue weighted by Crippen LogP contribution is 2.40. The van der Waals surface area contributed by atoms with E-state index in [9.17, 15) is 32.8 Å². The second-order valence-corrected chi connectivity index (χ2v) is 18.2. The van der Waals surface area contributed by atoms with Gasteiger partial charge in [0.25, 0.3) is 0 Å². The maximum atomic E-state index is 14.8. The van der Waals surface area contributed by atoms with Crippen molar-refractivity contribution >= 4 is 70.0 Å². The van der Waals surface area contributed by atoms with E-state index in [1.54, 1.807) is 30.3 Å². The first-order chi connectivity index (χ1) is 34.6. The predicted octanol–water partition coefficient (Wildman–Crippen LogP) is 6.52. The van der Waals surface area contributed by atoms with Crippen LogP contribution in [0.5, 0.6) is 5.75 Å². The molecule has 2 aliphatic heterocycles. The Labute approximate surface area is 418 Å². The molecule has 0 bridgehead atoms. The molecule has 3 aromatic rings. The van der Waals surface area contributed by atoms with Gasteiger partial charge in [0.1, 0.15) is 12.4 Å². The fourth-order valence-electron chi connectivity index (χ4n) is 7.69. The van der Waals surface area contributed by atoms with Gasteiger partial charge < -0.3 is 55.6 Å². The minimum absolute atomic E-state index is 0.00273. The van der Waals surface area contributed by atoms with Gasteiger partial charge in [0.05, 0.1) is 39.2 Å². The average molecular weight is 1010 g/mol. The van der Waals surface area contributed by atoms with Gasteiger partial charge in [-0.15, -0.1) is 0 Å². The first-order valence-electron chi connectivity index (χ1n) is 24.4. The number of rotatable bonds is 37. The molecule has 2 fully saturated rings. The van der Waals surface area contributed by atoms with Crippen molar-refractivity contribution < 1.29 is 56.4 Å². The maximum absolute atomic E-state index is 14.8. The van der Waals surface area contributed by atoms with Crippen LogP contribution in [-0.2, 0) is 42.9 Å². The summed E-state index contributed by atoms with van der Waals surface area (Å²) in [5.74, 6) is -0.251. The molecule has 0 spiro atoms. The Morgan fingerprint density at radius 3 is 2.10 bits per heavy atom. The van der Waals surface area contributed by atoms with Crippen molar-refractivity contribution in [2.45, 2.75) is 88.3 Å². The van der Waals surface area contributed by atoms with E-state index in [0.717, 1.165) is 43.7 Å². The number of hydrogen-bond acceptors (Lipinski definition) is 15. The van der Waals surface area contributed by atoms with Gasteiger partial charge >= 0.3 is 0 Å². The minimum atomic E-state index is -0.725. The van der Waals surface area contributed by atoms with Crippen molar-refractivity contribution in [1.82, 2.24) is 25.9 Å². The van der Waals surface area contributed by atoms with E-state index < -0.39 is 17.5 Å². The number of ketones is 1. The average Bonchev–Trinajstić information content (AvgIpc) is 3.91. The fourth-order valence-corrected chi connectivity index (χ4v) is 9.34. The van der Waals surface area contributed by atoms with Crippen molar-refractivity contribution in [3.8, 4) is 5.75 Å². The zero-order chi connectivity index (χ0) is 50.5. The molecule has 4 amide bonds. The van der Waals surface area contributed by atoms with Gasteiger partial charge in [-0.05, 0) is 74.9 Å². The topological polar surface area (TPSA) is 229 Å². The Balaban J connectivity index is 0.763. The molecule has 2 saturated heterocycles. The molecule has 71 heavy (non-hydrogen) atoms. The van der Waals surface area contributed by atoms with Gasteiger partial charge in [0.2, 0.25) is 29.6 Å². The van der Waals surface area contributed by atoms with Crippen molar-refractivity contribution in [2.75, 3.05) is 94.3 Å². The van der Waals surface area contributed by atoms with Crippen LogP contribution in [0.25, 0.3) is 0 Å². The number of thioether (sulfide) groups is 1. The lowest BCUT2D eigenvalue weighted by atomic mass is 9.94. The van der Waals surface area contributed by atoms with Crippen LogP contribution in [0.3, 0.4) is 0 Å². The van der Waals surface area contributed by atoms with Crippen molar-refractivity contribution in [3.05, 3.63) is 73.0 Å². The molecule has 6 N–H and O–H groups in total. The molecule has 18 nitrogen and oxygen atoms in total. The van der Waals surface area contributed by atoms with E-state index in [-0.39, 0.29) is 60.7 Å². The van der Waals surface area contributed by atoms with Crippen LogP contribution in [0, 0.1) is 17.6 Å². The van der Waals surface area contributed by atoms with E-state index in [1.807, 2.05) is 11.8 Å². The number of halogens is 2. The molecule has 3 atom stereocenters. The van der Waals surface area contributed by atoms with E-state index in [2.05, 4.69) is 48.4 Å². The first kappa shape index (κ1) is 56.2. The molecule has 3 heterocycles. The summed E-state index contributed by atoms with van der Waals surface area (Å²) in [4.78, 5) is 67.9. The second kappa shape index (κ2) is 32.3. The van der Waals surface area contributed by atoms with E-state index >= 15 is 0 Å². The van der Waals surface area contributed by atoms with Crippen LogP contribution in [0.15, 0.2) is 61.3 Å². The van der Waals surface area contributed by atoms with Crippen LogP contribution in [0.1, 0.15) is 77.0 Å². The number of fused-ring (bicyclic) bond motifs is 1. The zero-order valence-electron chi connectivity index (χ0n) is 40.2. The summed E-state index contributed by atoms with van der Waals surface area (Å²) < 4.78 is 57.1. The fraction of sp³-hybridized carbons (Fsp3) is 0.540. The molecule has 0 saturated carbocycles. The van der Waals surface area contributed by atoms with Gasteiger partial charge in [0.15, 0.2) is 23.2 Å². The number of aromatic nitrogens is 2. The number of carbonyl (C=O) groups excluding carboxylic acids is 5. The Hall–Kier alpha value is -5.74. The summed E-state index contributed by atoms with van der Waals surface area (Å²) in [5.41, 5.74) is 1.22. The molecule has 2 aliphatic rings. The number of nitrogens with zero attached hydrogens (tertiary/aromatic N) is 2. The number of carbonyl (C=O) groups is 5. The highest BCUT2D eigenvalue weighted by molar-refractivity contribution is 8.00. The number of unbranched alkanes of at least 4 members (excludes halogenated alkanes) is 1. The number of Topliss-reactive ketones (excluding diaryl/α,β-unsaturated/α-hetero) is 1. The maximum Gasteiger partial charge on any atom is 0.247 e. The number of ether oxygens (including phenoxy) is 5. The van der Waals surface area contributed by atoms with E-state index in [0.29, 0.717) is 139 Å². The summed E-state index contributed by atoms with van der Waals surface area (Å²) in [6.45, 7) is 7.88. The Morgan fingerprint density at radius 1 is 0.732 bits per heavy atom. The summed E-state index contributed by atoms with van der Waals surface area (Å²) in [7, 11) is 0. The van der Waals surface area contributed by atoms with Gasteiger partial charge in [0, 0.05) is 111 Å². The third-order valence-electron chi connectivity index (χ3n) is 11.3. The van der Waals surface area contributed by atoms with E-state index in [4.69, 9.17) is 23.7 Å². The lowest BCUT2D eigenvalue weighted by Crippen LogP contribution is -2.29. The highest BCUT2D eigenvalue weighted by Gasteiger charge is 2.42. The molecule has 5 rings (SSSR count). The Bertz CT molecular complexity index is 2180. The van der Waals surface area contributed by atoms with Gasteiger partial charge in [-0.2, -0.15) is 16.7 Å². The molecule has 21 heteroatoms. The van der Waals surface area contributed by atoms with Crippen LogP contribution in [-0.4, -0.2) is 129 Å². The number of amides is 4. The third-order valence-corrected chi connectivity index (χ3v) is 12.9. The normalized spacial score (nSPS) is 15.9. The van der Waals surface area contributed by atoms with Crippen molar-refractivity contribution in [3.63, 3.8) is 0 Å². The van der Waals surface area contributed by atoms with Crippen LogP contribution in [0.4, 0.5) is 37.6 Å². The standard InChI is InChI=1S/C50H68F2N8O10S/c1-2-45(62)56-35-10-5-11-36(30-35)57-49-41(52)33-55-50(60-49)58-37-17-18-43(40(51)31-37)70-29-28-66-21-7-13-38(61)12-6-16-47(64)54-20-9-23-68-25-27-69-26-24-67-22-8-19-53-46(63)15-4-3-14-44-39-32-48(65)59-42(39)34-71-44/h2,5,10-11,17-18,30-31,33,39,42,44H,1,3-4,6-9,12-16,19-29,32,34H2,(H,53,63)(H,54,64)(H,56,62)(H,59,65)(H2,55,57,58,60)/t39-,42-,44-/m0/s1. The molecule has 0 unspecified atom stereocenters. The van der Waals surface area contributed by atoms with Crippen LogP contribution in [0.2, 0.25) is 0 Å². The minimum Gasteiger partial charge on any atom is -0.488 e. The molecule has 0 radical (unpaired) electrons. The van der Waals surface area contributed by atoms with Gasteiger partial charge in [-0.25, -0.2) is 13.8 Å². The van der Waals surface area contributed by atoms with Gasteiger partial charge in [-0.1, -0.05) is 19.1 Å². The summed E-state index contributed by atoms with van der Waals surface area (Å²) in [5, 5.41) is 17.7. The monoisotopic (exact) mass is 1010 g/mol. The number of benzene rings is 2. The quantitative estimate of drug-likeness (QED) is 0.0267. The van der Waals surface area contributed by atoms with Gasteiger partial charge in [-0.3, -0.25) is 24.0 Å². The third kappa shape index (κ3) is 22.1. The van der Waals surface area contributed by atoms with Crippen molar-refractivity contribution in [2.24, 2.45) is 5.92 Å². The molecular formula is C50H68F2N8O10S. The number of anilines is 5. The zero-order valence-corrected chi connectivity index (χ0v) is 41.1. The number of hydrogen-bond donors (Lipinski definition) is 6. The number of nitrogens with one attached hydrogen (secondary N) is 6. The van der Waals surface area contributed by atoms with Crippen molar-refractivity contribution in [1.29, 1.82) is 0 Å². The second-order valence-electron chi connectivity index (χ2n) is 16.9. The van der Waals surface area contributed by atoms with Crippen LogP contribution < -0.4 is 36.6 Å². The molecule has 388 valence electrons. The Morgan fingerprint density at radius 2 is 1.38 bits per heavy atom. The smallest absolute Gasteiger partial charge is 0.247 e. The largest absolute Gasteiger partial charge is 0.488 e. The predicted molar refractivity (Wildman–Crippen MR) is 267 cm³/mol. The molecular weight excluding hydrogens is 943 g/mol. The SMILES string of the molecule is C=CC(=O)Nc1cccc(Nc2nc(Nc3ccc(OCCOCCCC(=O)CCCC(=O)NCCCOCCOCCOCCCNC(=O)CCCC[C@@H]4SC[C@@H]5NC(=O)C[C@@H]54)c(F)c3)ncc2F)c1. The summed E-state index contributed by atoms with van der Waals surface area (Å²) in [6, 6.07) is 11.1. The highest BCUT2D eigenvalue weighted by atomic mass is 32.2. The van der Waals surface area contributed by atoms with E-state index in [1.165, 1.54) is 12.1 Å². The lowest BCUT2D eigenvalue weighted by molar-refractivity contribution is -0.122. The van der Waals surface area contributed by atoms with Crippen LogP contribution >= 0.6 is 11.8 Å². The summed E-state index contributed by atoms with van der Waals surface area (Å²) >= 11 is 1.95. The molecule has 1 aromatic heterocycles. The Kier molecular flexibility index (Phi) is 25.5. The lowest BCUT2D eigenvalue weighted by Gasteiger charge is -2.15. The summed E-state index contributed by atoms with van der Waals surface area (Å²) in [6.07, 6.45) is 9.45. The first-order valence-corrected chi connectivity index (χ1v) is 25.4. The molecule has 0 aliphatic carbocycles.